The number of rotatable bonds is 4. The zero-order valence-corrected chi connectivity index (χ0v) is 10.5. The Morgan fingerprint density at radius 1 is 1.19 bits per heavy atom. The van der Waals surface area contributed by atoms with Gasteiger partial charge in [0, 0.05) is 17.6 Å². The summed E-state index contributed by atoms with van der Waals surface area (Å²) in [5.41, 5.74) is 1.56. The van der Waals surface area contributed by atoms with Crippen LogP contribution in [0.3, 0.4) is 0 Å². The second kappa shape index (κ2) is 5.26. The molecule has 1 aromatic carbocycles. The third-order valence-corrected chi connectivity index (χ3v) is 2.37. The molecule has 0 saturated carbocycles. The van der Waals surface area contributed by atoms with Crippen molar-refractivity contribution in [1.29, 1.82) is 0 Å². The van der Waals surface area contributed by atoms with Crippen molar-refractivity contribution in [2.24, 2.45) is 5.41 Å². The van der Waals surface area contributed by atoms with Crippen molar-refractivity contribution < 1.29 is 9.53 Å². The summed E-state index contributed by atoms with van der Waals surface area (Å²) < 4.78 is 5.30. The molecule has 1 rings (SSSR count). The van der Waals surface area contributed by atoms with Gasteiger partial charge in [0.1, 0.15) is 0 Å². The zero-order valence-electron chi connectivity index (χ0n) is 10.5. The van der Waals surface area contributed by atoms with Crippen LogP contribution < -0.4 is 0 Å². The van der Waals surface area contributed by atoms with Crippen LogP contribution in [-0.4, -0.2) is 12.4 Å². The number of hydrogen-bond donors (Lipinski definition) is 0. The smallest absolute Gasteiger partial charge is 0.168 e. The first-order chi connectivity index (χ1) is 7.45. The zero-order chi connectivity index (χ0) is 12.2. The monoisotopic (exact) mass is 220 g/mol. The molecule has 0 bridgehead atoms. The molecule has 2 heteroatoms. The number of hydrogen-bond acceptors (Lipinski definition) is 2. The van der Waals surface area contributed by atoms with Gasteiger partial charge in [-0.05, 0) is 12.5 Å². The summed E-state index contributed by atoms with van der Waals surface area (Å²) in [5, 5.41) is 0. The number of carbonyl (C=O) groups is 1. The molecule has 0 fully saturated rings. The van der Waals surface area contributed by atoms with Crippen molar-refractivity contribution >= 4 is 5.78 Å². The van der Waals surface area contributed by atoms with E-state index in [1.165, 1.54) is 0 Å². The molecular formula is C14H20O2. The van der Waals surface area contributed by atoms with Gasteiger partial charge in [-0.2, -0.15) is 0 Å². The van der Waals surface area contributed by atoms with E-state index in [2.05, 4.69) is 0 Å². The topological polar surface area (TPSA) is 26.3 Å². The average molecular weight is 220 g/mol. The minimum absolute atomic E-state index is 0.176. The van der Waals surface area contributed by atoms with Crippen LogP contribution >= 0.6 is 0 Å². The van der Waals surface area contributed by atoms with Crippen molar-refractivity contribution in [1.82, 2.24) is 0 Å². The summed E-state index contributed by atoms with van der Waals surface area (Å²) in [5.74, 6) is 0.176. The van der Waals surface area contributed by atoms with Gasteiger partial charge in [-0.3, -0.25) is 4.79 Å². The van der Waals surface area contributed by atoms with Gasteiger partial charge in [0.15, 0.2) is 5.78 Å². The maximum absolute atomic E-state index is 12.0. The van der Waals surface area contributed by atoms with Crippen molar-refractivity contribution in [3.05, 3.63) is 35.4 Å². The third kappa shape index (κ3) is 3.46. The molecule has 0 unspecified atom stereocenters. The van der Waals surface area contributed by atoms with E-state index < -0.39 is 0 Å². The van der Waals surface area contributed by atoms with Gasteiger partial charge in [-0.1, -0.05) is 45.0 Å². The third-order valence-electron chi connectivity index (χ3n) is 2.37. The quantitative estimate of drug-likeness (QED) is 0.726. The SMILES string of the molecule is CCOCc1ccc(C(=O)C(C)(C)C)cc1. The van der Waals surface area contributed by atoms with E-state index in [9.17, 15) is 4.79 Å². The van der Waals surface area contributed by atoms with Crippen LogP contribution in [0.15, 0.2) is 24.3 Å². The van der Waals surface area contributed by atoms with Crippen LogP contribution in [0.5, 0.6) is 0 Å². The highest BCUT2D eigenvalue weighted by atomic mass is 16.5. The minimum Gasteiger partial charge on any atom is -0.377 e. The number of carbonyl (C=O) groups excluding carboxylic acids is 1. The fourth-order valence-electron chi connectivity index (χ4n) is 1.41. The highest BCUT2D eigenvalue weighted by Crippen LogP contribution is 2.21. The Balaban J connectivity index is 2.75. The summed E-state index contributed by atoms with van der Waals surface area (Å²) >= 11 is 0. The van der Waals surface area contributed by atoms with Crippen LogP contribution in [0.25, 0.3) is 0 Å². The van der Waals surface area contributed by atoms with Gasteiger partial charge in [0.25, 0.3) is 0 Å². The van der Waals surface area contributed by atoms with E-state index in [1.54, 1.807) is 0 Å². The average Bonchev–Trinajstić information content (AvgIpc) is 2.25. The molecule has 1 aromatic rings. The molecule has 0 atom stereocenters. The maximum Gasteiger partial charge on any atom is 0.168 e. The van der Waals surface area contributed by atoms with Gasteiger partial charge in [0.05, 0.1) is 6.61 Å². The molecule has 16 heavy (non-hydrogen) atoms. The van der Waals surface area contributed by atoms with Gasteiger partial charge in [-0.15, -0.1) is 0 Å². The lowest BCUT2D eigenvalue weighted by atomic mass is 9.86. The Hall–Kier alpha value is -1.15. The van der Waals surface area contributed by atoms with Crippen molar-refractivity contribution in [3.63, 3.8) is 0 Å². The van der Waals surface area contributed by atoms with Crippen molar-refractivity contribution in [2.45, 2.75) is 34.3 Å². The van der Waals surface area contributed by atoms with Gasteiger partial charge in [-0.25, -0.2) is 0 Å². The van der Waals surface area contributed by atoms with Crippen LogP contribution in [0.4, 0.5) is 0 Å². The molecule has 0 spiro atoms. The maximum atomic E-state index is 12.0. The largest absolute Gasteiger partial charge is 0.377 e. The van der Waals surface area contributed by atoms with Crippen LogP contribution in [0.1, 0.15) is 43.6 Å². The lowest BCUT2D eigenvalue weighted by Crippen LogP contribution is -2.20. The number of ketones is 1. The Morgan fingerprint density at radius 2 is 1.75 bits per heavy atom. The molecule has 0 saturated heterocycles. The van der Waals surface area contributed by atoms with Crippen molar-refractivity contribution in [2.75, 3.05) is 6.61 Å². The summed E-state index contributed by atoms with van der Waals surface area (Å²) in [7, 11) is 0. The molecular weight excluding hydrogens is 200 g/mol. The van der Waals surface area contributed by atoms with Crippen molar-refractivity contribution in [3.8, 4) is 0 Å². The highest BCUT2D eigenvalue weighted by Gasteiger charge is 2.22. The Kier molecular flexibility index (Phi) is 4.25. The van der Waals surface area contributed by atoms with E-state index in [0.717, 1.165) is 11.1 Å². The van der Waals surface area contributed by atoms with Gasteiger partial charge < -0.3 is 4.74 Å². The first kappa shape index (κ1) is 12.9. The first-order valence-electron chi connectivity index (χ1n) is 5.66. The number of ether oxygens (including phenoxy) is 1. The fraction of sp³-hybridized carbons (Fsp3) is 0.500. The predicted molar refractivity (Wildman–Crippen MR) is 65.6 cm³/mol. The Labute approximate surface area is 97.6 Å². The number of Topliss-reactive ketones (excluding diaryl/α,β-unsaturated/α-hetero) is 1. The van der Waals surface area contributed by atoms with Gasteiger partial charge >= 0.3 is 0 Å². The second-order valence-electron chi connectivity index (χ2n) is 4.91. The van der Waals surface area contributed by atoms with Crippen LogP contribution in [-0.2, 0) is 11.3 Å². The van der Waals surface area contributed by atoms with E-state index in [0.29, 0.717) is 13.2 Å². The molecule has 0 aliphatic rings. The molecule has 88 valence electrons. The first-order valence-corrected chi connectivity index (χ1v) is 5.66. The standard InChI is InChI=1S/C14H20O2/c1-5-16-10-11-6-8-12(9-7-11)13(15)14(2,3)4/h6-9H,5,10H2,1-4H3. The lowest BCUT2D eigenvalue weighted by molar-refractivity contribution is 0.0858. The molecule has 0 amide bonds. The van der Waals surface area contributed by atoms with E-state index in [4.69, 9.17) is 4.74 Å². The molecule has 0 aliphatic carbocycles. The number of benzene rings is 1. The summed E-state index contributed by atoms with van der Waals surface area (Å²) in [6.45, 7) is 9.09. The molecule has 0 N–H and O–H groups in total. The predicted octanol–water partition coefficient (Wildman–Crippen LogP) is 3.45. The summed E-state index contributed by atoms with van der Waals surface area (Å²) in [4.78, 5) is 12.0. The van der Waals surface area contributed by atoms with Crippen LogP contribution in [0.2, 0.25) is 0 Å². The summed E-state index contributed by atoms with van der Waals surface area (Å²) in [6.07, 6.45) is 0. The van der Waals surface area contributed by atoms with Crippen LogP contribution in [0, 0.1) is 5.41 Å². The van der Waals surface area contributed by atoms with E-state index in [1.807, 2.05) is 52.0 Å². The minimum atomic E-state index is -0.318. The normalized spacial score (nSPS) is 11.5. The Morgan fingerprint density at radius 3 is 2.19 bits per heavy atom. The summed E-state index contributed by atoms with van der Waals surface area (Å²) in [6, 6.07) is 7.66. The molecule has 0 heterocycles. The molecule has 0 aliphatic heterocycles. The lowest BCUT2D eigenvalue weighted by Gasteiger charge is -2.16. The van der Waals surface area contributed by atoms with Gasteiger partial charge in [0.2, 0.25) is 0 Å². The Bertz CT molecular complexity index is 344. The fourth-order valence-corrected chi connectivity index (χ4v) is 1.41. The molecule has 0 aromatic heterocycles. The van der Waals surface area contributed by atoms with E-state index >= 15 is 0 Å². The molecule has 0 radical (unpaired) electrons. The van der Waals surface area contributed by atoms with E-state index in [-0.39, 0.29) is 11.2 Å². The molecule has 2 nitrogen and oxygen atoms in total. The second-order valence-corrected chi connectivity index (χ2v) is 4.91. The highest BCUT2D eigenvalue weighted by molar-refractivity contribution is 5.99.